The number of hydrogen-bond donors (Lipinski definition) is 0. The minimum absolute atomic E-state index is 0.606. The molecule has 6 heteroatoms. The summed E-state index contributed by atoms with van der Waals surface area (Å²) in [6.07, 6.45) is 5.06. The Kier molecular flexibility index (Phi) is 3.56. The lowest BCUT2D eigenvalue weighted by Gasteiger charge is -2.00. The van der Waals surface area contributed by atoms with Gasteiger partial charge in [0.2, 0.25) is 0 Å². The molecule has 0 saturated carbocycles. The Morgan fingerprint density at radius 2 is 1.93 bits per heavy atom. The van der Waals surface area contributed by atoms with Gasteiger partial charge in [-0.2, -0.15) is 0 Å². The maximum Gasteiger partial charge on any atom is 0.193 e. The van der Waals surface area contributed by atoms with E-state index >= 15 is 0 Å². The van der Waals surface area contributed by atoms with Crippen molar-refractivity contribution in [1.82, 2.24) is 15.0 Å². The van der Waals surface area contributed by atoms with E-state index in [4.69, 9.17) is 11.6 Å². The molecule has 0 aliphatic carbocycles. The van der Waals surface area contributed by atoms with Crippen molar-refractivity contribution >= 4 is 39.3 Å². The number of rotatable bonds is 2. The zero-order valence-corrected chi connectivity index (χ0v) is 10.6. The second-order valence-corrected chi connectivity index (χ2v) is 4.86. The third kappa shape index (κ3) is 2.90. The summed E-state index contributed by atoms with van der Waals surface area (Å²) in [6.45, 7) is 0. The fraction of sp³-hybridized carbons (Fsp3) is 0. The maximum absolute atomic E-state index is 5.96. The standard InChI is InChI=1S/C9H5BrClN3S/c10-6-4-13-9(14-5-6)15-8-7(11)2-1-3-12-8/h1-5H. The fourth-order valence-electron chi connectivity index (χ4n) is 0.886. The number of halogens is 2. The first-order valence-corrected chi connectivity index (χ1v) is 6.00. The minimum Gasteiger partial charge on any atom is -0.248 e. The lowest BCUT2D eigenvalue weighted by atomic mass is 10.5. The van der Waals surface area contributed by atoms with E-state index in [2.05, 4.69) is 30.9 Å². The predicted octanol–water partition coefficient (Wildman–Crippen LogP) is 3.44. The summed E-state index contributed by atoms with van der Waals surface area (Å²) in [5.74, 6) is 0. The van der Waals surface area contributed by atoms with Crippen molar-refractivity contribution in [2.45, 2.75) is 10.2 Å². The molecular formula is C9H5BrClN3S. The van der Waals surface area contributed by atoms with Crippen LogP contribution < -0.4 is 0 Å². The van der Waals surface area contributed by atoms with Crippen LogP contribution in [0.3, 0.4) is 0 Å². The average Bonchev–Trinajstić information content (AvgIpc) is 2.25. The monoisotopic (exact) mass is 301 g/mol. The van der Waals surface area contributed by atoms with Crippen molar-refractivity contribution in [3.63, 3.8) is 0 Å². The van der Waals surface area contributed by atoms with Crippen LogP contribution in [-0.4, -0.2) is 15.0 Å². The highest BCUT2D eigenvalue weighted by molar-refractivity contribution is 9.10. The average molecular weight is 303 g/mol. The molecule has 0 atom stereocenters. The van der Waals surface area contributed by atoms with Crippen LogP contribution in [0.2, 0.25) is 5.02 Å². The Labute approximate surface area is 104 Å². The third-order valence-electron chi connectivity index (χ3n) is 1.51. The molecule has 76 valence electrons. The highest BCUT2D eigenvalue weighted by Gasteiger charge is 2.05. The summed E-state index contributed by atoms with van der Waals surface area (Å²) in [4.78, 5) is 12.4. The highest BCUT2D eigenvalue weighted by Crippen LogP contribution is 2.28. The molecule has 0 spiro atoms. The zero-order valence-electron chi connectivity index (χ0n) is 7.39. The Morgan fingerprint density at radius 3 is 2.60 bits per heavy atom. The molecule has 0 fully saturated rings. The molecule has 0 radical (unpaired) electrons. The lowest BCUT2D eigenvalue weighted by Crippen LogP contribution is -1.86. The van der Waals surface area contributed by atoms with E-state index in [0.29, 0.717) is 15.2 Å². The smallest absolute Gasteiger partial charge is 0.193 e. The predicted molar refractivity (Wildman–Crippen MR) is 63.1 cm³/mol. The van der Waals surface area contributed by atoms with Gasteiger partial charge in [-0.05, 0) is 39.8 Å². The number of pyridine rings is 1. The Balaban J connectivity index is 2.22. The first-order chi connectivity index (χ1) is 7.25. The van der Waals surface area contributed by atoms with Gasteiger partial charge in [0.05, 0.1) is 9.50 Å². The van der Waals surface area contributed by atoms with Gasteiger partial charge in [0.1, 0.15) is 5.03 Å². The summed E-state index contributed by atoms with van der Waals surface area (Å²) < 4.78 is 0.846. The molecule has 15 heavy (non-hydrogen) atoms. The number of aromatic nitrogens is 3. The normalized spacial score (nSPS) is 10.3. The largest absolute Gasteiger partial charge is 0.248 e. The Hall–Kier alpha value is -0.650. The first-order valence-electron chi connectivity index (χ1n) is 4.01. The molecule has 0 bridgehead atoms. The number of nitrogens with zero attached hydrogens (tertiary/aromatic N) is 3. The molecule has 2 aromatic rings. The van der Waals surface area contributed by atoms with Crippen LogP contribution in [0.5, 0.6) is 0 Å². The molecule has 0 amide bonds. The van der Waals surface area contributed by atoms with E-state index in [9.17, 15) is 0 Å². The molecule has 3 nitrogen and oxygen atoms in total. The van der Waals surface area contributed by atoms with E-state index in [-0.39, 0.29) is 0 Å². The van der Waals surface area contributed by atoms with E-state index in [0.717, 1.165) is 4.47 Å². The topological polar surface area (TPSA) is 38.7 Å². The molecule has 0 aliphatic rings. The van der Waals surface area contributed by atoms with E-state index in [1.165, 1.54) is 11.8 Å². The van der Waals surface area contributed by atoms with Crippen molar-refractivity contribution < 1.29 is 0 Å². The summed E-state index contributed by atoms with van der Waals surface area (Å²) in [6, 6.07) is 3.57. The van der Waals surface area contributed by atoms with Crippen molar-refractivity contribution in [2.24, 2.45) is 0 Å². The SMILES string of the molecule is Clc1cccnc1Sc1ncc(Br)cn1. The molecule has 0 unspecified atom stereocenters. The van der Waals surface area contributed by atoms with Crippen LogP contribution in [0.25, 0.3) is 0 Å². The summed E-state index contributed by atoms with van der Waals surface area (Å²) in [5.41, 5.74) is 0. The molecule has 0 saturated heterocycles. The molecule has 2 aromatic heterocycles. The van der Waals surface area contributed by atoms with Gasteiger partial charge in [0, 0.05) is 18.6 Å². The summed E-state index contributed by atoms with van der Waals surface area (Å²) in [7, 11) is 0. The van der Waals surface area contributed by atoms with E-state index < -0.39 is 0 Å². The van der Waals surface area contributed by atoms with Crippen LogP contribution in [0.15, 0.2) is 45.4 Å². The second kappa shape index (κ2) is 4.92. The van der Waals surface area contributed by atoms with E-state index in [1.807, 2.05) is 0 Å². The quantitative estimate of drug-likeness (QED) is 0.797. The van der Waals surface area contributed by atoms with Crippen LogP contribution in [0.4, 0.5) is 0 Å². The summed E-state index contributed by atoms with van der Waals surface area (Å²) in [5, 5.41) is 1.94. The van der Waals surface area contributed by atoms with Crippen LogP contribution >= 0.6 is 39.3 Å². The maximum atomic E-state index is 5.96. The molecule has 2 heterocycles. The van der Waals surface area contributed by atoms with Gasteiger partial charge in [-0.3, -0.25) is 0 Å². The molecule has 0 aliphatic heterocycles. The van der Waals surface area contributed by atoms with Gasteiger partial charge in [0.15, 0.2) is 5.16 Å². The molecule has 0 N–H and O–H groups in total. The van der Waals surface area contributed by atoms with Crippen LogP contribution in [-0.2, 0) is 0 Å². The van der Waals surface area contributed by atoms with Gasteiger partial charge in [-0.1, -0.05) is 11.6 Å². The number of hydrogen-bond acceptors (Lipinski definition) is 4. The van der Waals surface area contributed by atoms with Crippen molar-refractivity contribution in [3.8, 4) is 0 Å². The lowest BCUT2D eigenvalue weighted by molar-refractivity contribution is 0.952. The van der Waals surface area contributed by atoms with Gasteiger partial charge in [0.25, 0.3) is 0 Å². The van der Waals surface area contributed by atoms with Crippen molar-refractivity contribution in [2.75, 3.05) is 0 Å². The highest BCUT2D eigenvalue weighted by atomic mass is 79.9. The second-order valence-electron chi connectivity index (χ2n) is 2.58. The fourth-order valence-corrected chi connectivity index (χ4v) is 1.99. The first kappa shape index (κ1) is 10.9. The van der Waals surface area contributed by atoms with Crippen LogP contribution in [0.1, 0.15) is 0 Å². The molecular weight excluding hydrogens is 298 g/mol. The third-order valence-corrected chi connectivity index (χ3v) is 3.25. The van der Waals surface area contributed by atoms with Gasteiger partial charge in [-0.15, -0.1) is 0 Å². The minimum atomic E-state index is 0.606. The molecule has 0 aromatic carbocycles. The molecule has 2 rings (SSSR count). The Bertz CT molecular complexity index is 463. The van der Waals surface area contributed by atoms with Crippen LogP contribution in [0, 0.1) is 0 Å². The van der Waals surface area contributed by atoms with E-state index in [1.54, 1.807) is 30.7 Å². The Morgan fingerprint density at radius 1 is 1.20 bits per heavy atom. The van der Waals surface area contributed by atoms with Crippen molar-refractivity contribution in [1.29, 1.82) is 0 Å². The van der Waals surface area contributed by atoms with Gasteiger partial charge in [-0.25, -0.2) is 15.0 Å². The van der Waals surface area contributed by atoms with Crippen molar-refractivity contribution in [3.05, 3.63) is 40.2 Å². The van der Waals surface area contributed by atoms with Gasteiger partial charge >= 0.3 is 0 Å². The van der Waals surface area contributed by atoms with Gasteiger partial charge < -0.3 is 0 Å². The zero-order chi connectivity index (χ0) is 10.7. The summed E-state index contributed by atoms with van der Waals surface area (Å²) >= 11 is 10.6.